The molecule has 0 bridgehead atoms. The third-order valence-corrected chi connectivity index (χ3v) is 4.82. The van der Waals surface area contributed by atoms with Crippen LogP contribution in [0.4, 0.5) is 8.78 Å². The Labute approximate surface area is 111 Å². The zero-order valence-electron chi connectivity index (χ0n) is 11.2. The van der Waals surface area contributed by atoms with Gasteiger partial charge in [-0.2, -0.15) is 8.78 Å². The lowest BCUT2D eigenvalue weighted by Gasteiger charge is -2.24. The second-order valence-corrected chi connectivity index (χ2v) is 6.33. The van der Waals surface area contributed by atoms with E-state index in [0.717, 1.165) is 0 Å². The molecule has 0 heterocycles. The van der Waals surface area contributed by atoms with E-state index >= 15 is 0 Å². The van der Waals surface area contributed by atoms with Crippen LogP contribution in [0.2, 0.25) is 0 Å². The molecule has 1 aliphatic carbocycles. The van der Waals surface area contributed by atoms with E-state index < -0.39 is 13.3 Å². The maximum Gasteiger partial charge on any atom is 0.403 e. The van der Waals surface area contributed by atoms with Crippen LogP contribution in [0.5, 0.6) is 0 Å². The highest BCUT2D eigenvalue weighted by Gasteiger charge is 2.52. The number of hydrogen-bond donors (Lipinski definition) is 0. The van der Waals surface area contributed by atoms with Crippen LogP contribution >= 0.6 is 7.60 Å². The molecule has 0 unspecified atom stereocenters. The van der Waals surface area contributed by atoms with Gasteiger partial charge in [0.05, 0.1) is 13.2 Å². The van der Waals surface area contributed by atoms with Crippen LogP contribution < -0.4 is 0 Å². The fraction of sp³-hybridized carbons (Fsp3) is 0.750. The van der Waals surface area contributed by atoms with Gasteiger partial charge in [-0.1, -0.05) is 0 Å². The summed E-state index contributed by atoms with van der Waals surface area (Å²) in [4.78, 5) is 11.5. The molecule has 0 aliphatic heterocycles. The van der Waals surface area contributed by atoms with Gasteiger partial charge in [-0.25, -0.2) is 0 Å². The Morgan fingerprint density at radius 2 is 1.74 bits per heavy atom. The molecule has 110 valence electrons. The molecule has 0 saturated heterocycles. The van der Waals surface area contributed by atoms with Gasteiger partial charge in [0.25, 0.3) is 0 Å². The molecule has 19 heavy (non-hydrogen) atoms. The molecule has 0 aromatic carbocycles. The lowest BCUT2D eigenvalue weighted by Crippen LogP contribution is -2.21. The summed E-state index contributed by atoms with van der Waals surface area (Å²) in [6.45, 7) is 2.62. The molecule has 0 atom stereocenters. The number of Topliss-reactive ketones (excluding diaryl/α,β-unsaturated/α-hetero) is 1. The first-order chi connectivity index (χ1) is 8.86. The van der Waals surface area contributed by atoms with Gasteiger partial charge < -0.3 is 9.05 Å². The maximum absolute atomic E-state index is 14.1. The smallest absolute Gasteiger partial charge is 0.304 e. The fourth-order valence-electron chi connectivity index (χ4n) is 1.89. The topological polar surface area (TPSA) is 52.6 Å². The van der Waals surface area contributed by atoms with Crippen molar-refractivity contribution in [3.8, 4) is 0 Å². The van der Waals surface area contributed by atoms with Crippen LogP contribution in [-0.2, 0) is 18.4 Å². The molecule has 1 saturated carbocycles. The summed E-state index contributed by atoms with van der Waals surface area (Å²) in [6, 6.07) is 0. The second kappa shape index (κ2) is 6.73. The fourth-order valence-corrected chi connectivity index (χ4v) is 3.30. The van der Waals surface area contributed by atoms with Gasteiger partial charge in [-0.05, 0) is 38.7 Å². The lowest BCUT2D eigenvalue weighted by molar-refractivity contribution is -0.116. The summed E-state index contributed by atoms with van der Waals surface area (Å²) in [7, 11) is -4.58. The molecule has 0 spiro atoms. The lowest BCUT2D eigenvalue weighted by atomic mass is 9.93. The van der Waals surface area contributed by atoms with Crippen molar-refractivity contribution in [3.05, 3.63) is 11.6 Å². The van der Waals surface area contributed by atoms with Crippen LogP contribution in [0, 0.1) is 0 Å². The molecule has 0 aromatic rings. The second-order valence-electron chi connectivity index (χ2n) is 4.22. The van der Waals surface area contributed by atoms with Crippen LogP contribution in [0.25, 0.3) is 0 Å². The minimum Gasteiger partial charge on any atom is -0.304 e. The molecule has 1 fully saturated rings. The summed E-state index contributed by atoms with van der Waals surface area (Å²) in [5.41, 5.74) is -3.75. The number of carbonyl (C=O) groups excluding carboxylic acids is 1. The van der Waals surface area contributed by atoms with Crippen molar-refractivity contribution >= 4 is 13.4 Å². The minimum atomic E-state index is -4.58. The van der Waals surface area contributed by atoms with Gasteiger partial charge in [0.2, 0.25) is 0 Å². The molecule has 7 heteroatoms. The summed E-state index contributed by atoms with van der Waals surface area (Å²) < 4.78 is 49.5. The van der Waals surface area contributed by atoms with Crippen LogP contribution in [0.1, 0.15) is 39.5 Å². The first-order valence-corrected chi connectivity index (χ1v) is 7.92. The van der Waals surface area contributed by atoms with E-state index in [1.165, 1.54) is 13.8 Å². The van der Waals surface area contributed by atoms with Crippen molar-refractivity contribution in [2.24, 2.45) is 0 Å². The molecular formula is C12H19F2O4P. The average molecular weight is 296 g/mol. The van der Waals surface area contributed by atoms with Crippen LogP contribution in [0.3, 0.4) is 0 Å². The summed E-state index contributed by atoms with van der Waals surface area (Å²) in [6.07, 6.45) is 2.40. The van der Waals surface area contributed by atoms with E-state index in [-0.39, 0.29) is 37.4 Å². The molecule has 1 rings (SSSR count). The number of hydrogen-bond acceptors (Lipinski definition) is 4. The maximum atomic E-state index is 14.1. The summed E-state index contributed by atoms with van der Waals surface area (Å²) >= 11 is 0. The molecule has 0 amide bonds. The average Bonchev–Trinajstić information content (AvgIpc) is 2.32. The highest BCUT2D eigenvalue weighted by molar-refractivity contribution is 7.55. The van der Waals surface area contributed by atoms with E-state index in [0.29, 0.717) is 18.9 Å². The first-order valence-electron chi connectivity index (χ1n) is 6.38. The van der Waals surface area contributed by atoms with Crippen LogP contribution in [0.15, 0.2) is 11.6 Å². The van der Waals surface area contributed by atoms with E-state index in [9.17, 15) is 18.1 Å². The van der Waals surface area contributed by atoms with Gasteiger partial charge in [0, 0.05) is 12.5 Å². The molecule has 0 aromatic heterocycles. The Morgan fingerprint density at radius 3 is 2.21 bits per heavy atom. The molecule has 0 N–H and O–H groups in total. The quantitative estimate of drug-likeness (QED) is 0.550. The third-order valence-electron chi connectivity index (χ3n) is 2.77. The summed E-state index contributed by atoms with van der Waals surface area (Å²) in [5, 5.41) is 0. The highest BCUT2D eigenvalue weighted by Crippen LogP contribution is 2.62. The van der Waals surface area contributed by atoms with Crippen molar-refractivity contribution < 1.29 is 27.2 Å². The molecular weight excluding hydrogens is 277 g/mol. The van der Waals surface area contributed by atoms with Crippen molar-refractivity contribution in [1.29, 1.82) is 0 Å². The normalized spacial score (nSPS) is 20.0. The van der Waals surface area contributed by atoms with Crippen molar-refractivity contribution in [1.82, 2.24) is 0 Å². The van der Waals surface area contributed by atoms with Crippen molar-refractivity contribution in [2.45, 2.75) is 45.2 Å². The standard InChI is InChI=1S/C12H19F2O4P/c1-3-17-19(16,18-4-2)12(13,14)9-10-7-5-6-8-11(10)15/h9H,3-8H2,1-2H3/b10-9+. The Morgan fingerprint density at radius 1 is 1.21 bits per heavy atom. The Hall–Kier alpha value is -0.580. The van der Waals surface area contributed by atoms with Crippen LogP contribution in [-0.4, -0.2) is 24.7 Å². The number of rotatable bonds is 6. The van der Waals surface area contributed by atoms with Gasteiger partial charge in [0.1, 0.15) is 0 Å². The number of allylic oxidation sites excluding steroid dienone is 2. The largest absolute Gasteiger partial charge is 0.403 e. The Balaban J connectivity index is 3.02. The zero-order valence-corrected chi connectivity index (χ0v) is 12.1. The Bertz CT molecular complexity index is 397. The molecule has 0 radical (unpaired) electrons. The zero-order chi connectivity index (χ0) is 14.5. The van der Waals surface area contributed by atoms with E-state index in [2.05, 4.69) is 9.05 Å². The third kappa shape index (κ3) is 3.94. The first kappa shape index (κ1) is 16.5. The monoisotopic (exact) mass is 296 g/mol. The summed E-state index contributed by atoms with van der Waals surface area (Å²) in [5.74, 6) is -0.314. The van der Waals surface area contributed by atoms with Crippen molar-refractivity contribution in [3.63, 3.8) is 0 Å². The number of carbonyl (C=O) groups is 1. The highest BCUT2D eigenvalue weighted by atomic mass is 31.2. The number of halogens is 2. The SMILES string of the molecule is CCOP(=O)(OCC)C(F)(F)/C=C1\CCCCC1=O. The van der Waals surface area contributed by atoms with Gasteiger partial charge in [0.15, 0.2) is 5.78 Å². The minimum absolute atomic E-state index is 0.0240. The van der Waals surface area contributed by atoms with Gasteiger partial charge >= 0.3 is 13.3 Å². The predicted octanol–water partition coefficient (Wildman–Crippen LogP) is 3.91. The van der Waals surface area contributed by atoms with E-state index in [4.69, 9.17) is 0 Å². The Kier molecular flexibility index (Phi) is 5.83. The van der Waals surface area contributed by atoms with E-state index in [1.807, 2.05) is 0 Å². The van der Waals surface area contributed by atoms with Gasteiger partial charge in [-0.3, -0.25) is 9.36 Å². The van der Waals surface area contributed by atoms with Gasteiger partial charge in [-0.15, -0.1) is 0 Å². The van der Waals surface area contributed by atoms with E-state index in [1.54, 1.807) is 0 Å². The molecule has 1 aliphatic rings. The number of ketones is 1. The van der Waals surface area contributed by atoms with Crippen molar-refractivity contribution in [2.75, 3.05) is 13.2 Å². The molecule has 4 nitrogen and oxygen atoms in total. The predicted molar refractivity (Wildman–Crippen MR) is 67.4 cm³/mol. The number of alkyl halides is 2.